The first-order chi connectivity index (χ1) is 7.12. The highest BCUT2D eigenvalue weighted by Gasteiger charge is 2.20. The van der Waals surface area contributed by atoms with Gasteiger partial charge in [-0.3, -0.25) is 0 Å². The smallest absolute Gasteiger partial charge is 0.216 e. The Morgan fingerprint density at radius 3 is 2.11 bits per heavy atom. The Kier molecular flexibility index (Phi) is 0.481. The van der Waals surface area contributed by atoms with E-state index in [0.717, 1.165) is 0 Å². The van der Waals surface area contributed by atoms with E-state index < -0.39 is 40.3 Å². The van der Waals surface area contributed by atoms with Crippen molar-refractivity contribution < 1.29 is 19.4 Å². The first-order valence-electron chi connectivity index (χ1n) is 5.95. The van der Waals surface area contributed by atoms with Gasteiger partial charge in [0.15, 0.2) is 0 Å². The summed E-state index contributed by atoms with van der Waals surface area (Å²) in [4.78, 5) is 0. The standard InChI is InChI=1S/C4H10N2O2S/c5-9(7,8)6-3-1-2-4-6/h1-4H2,(H2,5,7,8)/i1D2,2D2,3D2,4D2. The maximum atomic E-state index is 11.1. The van der Waals surface area contributed by atoms with Crippen molar-refractivity contribution in [2.45, 2.75) is 12.7 Å². The number of nitrogens with zero attached hydrogens (tertiary/aromatic N) is 1. The lowest BCUT2D eigenvalue weighted by Gasteiger charge is -2.09. The number of hydrogen-bond acceptors (Lipinski definition) is 2. The highest BCUT2D eigenvalue weighted by atomic mass is 32.2. The van der Waals surface area contributed by atoms with E-state index in [4.69, 9.17) is 11.0 Å². The normalized spacial score (nSPS) is 58.3. The molecule has 1 aliphatic heterocycles. The topological polar surface area (TPSA) is 63.4 Å². The zero-order valence-electron chi connectivity index (χ0n) is 12.2. The van der Waals surface area contributed by atoms with Crippen LogP contribution in [0.4, 0.5) is 0 Å². The van der Waals surface area contributed by atoms with Crippen LogP contribution in [-0.4, -0.2) is 25.7 Å². The summed E-state index contributed by atoms with van der Waals surface area (Å²) in [7, 11) is -4.96. The molecule has 0 aliphatic carbocycles. The molecule has 0 aromatic carbocycles. The van der Waals surface area contributed by atoms with Gasteiger partial charge in [0.05, 0.1) is 0 Å². The minimum Gasteiger partial charge on any atom is -0.216 e. The van der Waals surface area contributed by atoms with Crippen LogP contribution in [0.5, 0.6) is 0 Å². The lowest BCUT2D eigenvalue weighted by atomic mass is 10.4. The monoisotopic (exact) mass is 158 g/mol. The Morgan fingerprint density at radius 1 is 1.44 bits per heavy atom. The predicted molar refractivity (Wildman–Crippen MR) is 33.9 cm³/mol. The van der Waals surface area contributed by atoms with Gasteiger partial charge in [-0.05, 0) is 12.7 Å². The van der Waals surface area contributed by atoms with Gasteiger partial charge in [0.1, 0.15) is 0 Å². The SMILES string of the molecule is [2H]C1([2H])N(S(N)(=O)=O)C([2H])([2H])C([2H])([2H])C1([2H])[2H]. The van der Waals surface area contributed by atoms with Crippen LogP contribution < -0.4 is 5.14 Å². The maximum Gasteiger partial charge on any atom is 0.276 e. The van der Waals surface area contributed by atoms with E-state index in [2.05, 4.69) is 5.14 Å². The highest BCUT2D eigenvalue weighted by molar-refractivity contribution is 7.86. The summed E-state index contributed by atoms with van der Waals surface area (Å²) < 4.78 is 79.9. The molecule has 1 saturated heterocycles. The Hall–Kier alpha value is -0.130. The molecule has 1 rings (SSSR count). The lowest BCUT2D eigenvalue weighted by Crippen LogP contribution is -2.33. The van der Waals surface area contributed by atoms with Crippen molar-refractivity contribution in [3.8, 4) is 0 Å². The van der Waals surface area contributed by atoms with Gasteiger partial charge in [-0.2, -0.15) is 12.7 Å². The molecule has 2 N–H and O–H groups in total. The summed E-state index contributed by atoms with van der Waals surface area (Å²) in [6, 6.07) is 0. The maximum absolute atomic E-state index is 11.1. The summed E-state index contributed by atoms with van der Waals surface area (Å²) in [5.41, 5.74) is 0. The fraction of sp³-hybridized carbons (Fsp3) is 1.00. The first-order valence-corrected chi connectivity index (χ1v) is 3.45. The van der Waals surface area contributed by atoms with E-state index in [-0.39, 0.29) is 0 Å². The molecule has 1 heterocycles. The van der Waals surface area contributed by atoms with E-state index in [1.54, 1.807) is 0 Å². The van der Waals surface area contributed by atoms with Gasteiger partial charge in [-0.25, -0.2) is 5.14 Å². The second kappa shape index (κ2) is 2.24. The van der Waals surface area contributed by atoms with Crippen LogP contribution in [0.2, 0.25) is 0 Å². The Balaban J connectivity index is 3.66. The van der Waals surface area contributed by atoms with E-state index in [1.807, 2.05) is 0 Å². The molecular formula is C4H10N2O2S. The van der Waals surface area contributed by atoms with Gasteiger partial charge >= 0.3 is 0 Å². The van der Waals surface area contributed by atoms with Crippen LogP contribution in [-0.2, 0) is 10.2 Å². The summed E-state index contributed by atoms with van der Waals surface area (Å²) in [6.45, 7) is -6.87. The average molecular weight is 158 g/mol. The third kappa shape index (κ3) is 1.64. The van der Waals surface area contributed by atoms with Crippen LogP contribution in [0, 0.1) is 0 Å². The molecule has 0 aromatic rings. The van der Waals surface area contributed by atoms with E-state index in [0.29, 0.717) is 0 Å². The quantitative estimate of drug-likeness (QED) is 0.547. The molecule has 4 nitrogen and oxygen atoms in total. The van der Waals surface area contributed by atoms with Gasteiger partial charge in [0.2, 0.25) is 0 Å². The van der Waals surface area contributed by atoms with Crippen molar-refractivity contribution >= 4 is 10.2 Å². The molecule has 5 heteroatoms. The van der Waals surface area contributed by atoms with Gasteiger partial charge < -0.3 is 0 Å². The molecular weight excluding hydrogens is 140 g/mol. The average Bonchev–Trinajstić information content (AvgIpc) is 2.03. The third-order valence-electron chi connectivity index (χ3n) is 0.632. The second-order valence-electron chi connectivity index (χ2n) is 1.28. The first kappa shape index (κ1) is 1.93. The van der Waals surface area contributed by atoms with Crippen LogP contribution in [0.1, 0.15) is 23.7 Å². The summed E-state index contributed by atoms with van der Waals surface area (Å²) >= 11 is 0. The van der Waals surface area contributed by atoms with Crippen molar-refractivity contribution in [3.05, 3.63) is 0 Å². The molecule has 0 spiro atoms. The van der Waals surface area contributed by atoms with Crippen molar-refractivity contribution in [3.63, 3.8) is 0 Å². The zero-order valence-corrected chi connectivity index (χ0v) is 5.07. The summed E-state index contributed by atoms with van der Waals surface area (Å²) in [6.07, 6.45) is -6.79. The van der Waals surface area contributed by atoms with Gasteiger partial charge in [-0.1, -0.05) is 0 Å². The fourth-order valence-corrected chi connectivity index (χ4v) is 0.658. The minimum atomic E-state index is -4.96. The Morgan fingerprint density at radius 2 is 1.89 bits per heavy atom. The molecule has 1 fully saturated rings. The molecule has 0 amide bonds. The van der Waals surface area contributed by atoms with Crippen molar-refractivity contribution in [2.75, 3.05) is 13.0 Å². The molecule has 9 heavy (non-hydrogen) atoms. The molecule has 0 bridgehead atoms. The van der Waals surface area contributed by atoms with E-state index in [1.165, 1.54) is 0 Å². The Bertz CT molecular complexity index is 418. The third-order valence-corrected chi connectivity index (χ3v) is 1.32. The second-order valence-corrected chi connectivity index (χ2v) is 2.68. The molecule has 0 atom stereocenters. The van der Waals surface area contributed by atoms with E-state index in [9.17, 15) is 8.42 Å². The van der Waals surface area contributed by atoms with Crippen LogP contribution in [0.15, 0.2) is 0 Å². The molecule has 0 radical (unpaired) electrons. The van der Waals surface area contributed by atoms with E-state index >= 15 is 0 Å². The van der Waals surface area contributed by atoms with Crippen molar-refractivity contribution in [1.29, 1.82) is 0 Å². The van der Waals surface area contributed by atoms with Crippen LogP contribution >= 0.6 is 0 Å². The van der Waals surface area contributed by atoms with Gasteiger partial charge in [-0.15, -0.1) is 0 Å². The molecule has 0 saturated carbocycles. The highest BCUT2D eigenvalue weighted by Crippen LogP contribution is 2.08. The van der Waals surface area contributed by atoms with Crippen molar-refractivity contribution in [1.82, 2.24) is 4.31 Å². The number of rotatable bonds is 1. The van der Waals surface area contributed by atoms with Crippen LogP contribution in [0.25, 0.3) is 0 Å². The van der Waals surface area contributed by atoms with Gasteiger partial charge in [0.25, 0.3) is 10.2 Å². The predicted octanol–water partition coefficient (Wildman–Crippen LogP) is -0.714. The lowest BCUT2D eigenvalue weighted by molar-refractivity contribution is 0.479. The summed E-state index contributed by atoms with van der Waals surface area (Å²) in [5.74, 6) is 0. The number of hydrogen-bond donors (Lipinski definition) is 1. The molecule has 1 aliphatic rings. The minimum absolute atomic E-state index is 0.604. The van der Waals surface area contributed by atoms with Gasteiger partial charge in [0, 0.05) is 24.0 Å². The van der Waals surface area contributed by atoms with Crippen molar-refractivity contribution in [2.24, 2.45) is 5.14 Å². The zero-order chi connectivity index (χ0) is 14.1. The molecule has 54 valence electrons. The number of nitrogens with two attached hydrogens (primary N) is 1. The fourth-order valence-electron chi connectivity index (χ4n) is 0.313. The Labute approximate surface area is 66.1 Å². The largest absolute Gasteiger partial charge is 0.276 e. The molecule has 0 unspecified atom stereocenters. The molecule has 0 aromatic heterocycles. The van der Waals surface area contributed by atoms with Crippen LogP contribution in [0.3, 0.4) is 0 Å². The summed E-state index contributed by atoms with van der Waals surface area (Å²) in [5, 5.41) is 4.62.